The first-order valence-corrected chi connectivity index (χ1v) is 7.93. The zero-order chi connectivity index (χ0) is 15.1. The van der Waals surface area contributed by atoms with Crippen molar-refractivity contribution in [1.82, 2.24) is 15.1 Å². The molecule has 1 rings (SSSR count). The van der Waals surface area contributed by atoms with Gasteiger partial charge in [0, 0.05) is 30.5 Å². The summed E-state index contributed by atoms with van der Waals surface area (Å²) in [5.41, 5.74) is 3.71. The van der Waals surface area contributed by atoms with Gasteiger partial charge in [0.25, 0.3) is 0 Å². The van der Waals surface area contributed by atoms with Crippen molar-refractivity contribution in [2.24, 2.45) is 5.92 Å². The first kappa shape index (κ1) is 17.2. The van der Waals surface area contributed by atoms with Crippen LogP contribution in [-0.2, 0) is 6.54 Å². The van der Waals surface area contributed by atoms with E-state index in [1.807, 2.05) is 0 Å². The Kier molecular flexibility index (Phi) is 7.24. The van der Waals surface area contributed by atoms with Gasteiger partial charge in [-0.1, -0.05) is 13.3 Å². The summed E-state index contributed by atoms with van der Waals surface area (Å²) in [6, 6.07) is 0.313. The number of aliphatic hydroxyl groups excluding tert-OH is 1. The number of rotatable bonds is 9. The summed E-state index contributed by atoms with van der Waals surface area (Å²) in [4.78, 5) is 0. The highest BCUT2D eigenvalue weighted by atomic mass is 16.3. The van der Waals surface area contributed by atoms with Gasteiger partial charge in [0.1, 0.15) is 0 Å². The molecule has 0 fully saturated rings. The van der Waals surface area contributed by atoms with E-state index in [1.54, 1.807) is 0 Å². The summed E-state index contributed by atoms with van der Waals surface area (Å²) < 4.78 is 2.07. The fraction of sp³-hybridized carbons (Fsp3) is 0.812. The van der Waals surface area contributed by atoms with Gasteiger partial charge in [0.2, 0.25) is 0 Å². The second-order valence-corrected chi connectivity index (χ2v) is 5.70. The van der Waals surface area contributed by atoms with Crippen molar-refractivity contribution in [1.29, 1.82) is 0 Å². The lowest BCUT2D eigenvalue weighted by atomic mass is 9.99. The van der Waals surface area contributed by atoms with Crippen LogP contribution in [-0.4, -0.2) is 28.0 Å². The predicted octanol–water partition coefficient (Wildman–Crippen LogP) is 2.97. The average Bonchev–Trinajstić information content (AvgIpc) is 2.71. The topological polar surface area (TPSA) is 50.1 Å². The van der Waals surface area contributed by atoms with Gasteiger partial charge in [-0.2, -0.15) is 5.10 Å². The van der Waals surface area contributed by atoms with E-state index in [1.165, 1.54) is 24.1 Å². The van der Waals surface area contributed by atoms with Crippen LogP contribution in [0.25, 0.3) is 0 Å². The molecule has 0 saturated heterocycles. The van der Waals surface area contributed by atoms with Crippen LogP contribution in [0.1, 0.15) is 63.0 Å². The molecule has 2 N–H and O–H groups in total. The van der Waals surface area contributed by atoms with Gasteiger partial charge >= 0.3 is 0 Å². The molecule has 4 heteroatoms. The number of hydrogen-bond donors (Lipinski definition) is 2. The third kappa shape index (κ3) is 4.32. The Balaban J connectivity index is 2.66. The van der Waals surface area contributed by atoms with Crippen LogP contribution in [0, 0.1) is 19.8 Å². The van der Waals surface area contributed by atoms with Gasteiger partial charge in [-0.15, -0.1) is 0 Å². The molecular formula is C16H31N3O. The van der Waals surface area contributed by atoms with E-state index in [4.69, 9.17) is 5.11 Å². The first-order chi connectivity index (χ1) is 9.54. The summed E-state index contributed by atoms with van der Waals surface area (Å²) in [6.07, 6.45) is 3.23. The van der Waals surface area contributed by atoms with Gasteiger partial charge in [-0.3, -0.25) is 4.68 Å². The van der Waals surface area contributed by atoms with Gasteiger partial charge in [-0.25, -0.2) is 0 Å². The number of aromatic nitrogens is 2. The maximum atomic E-state index is 9.13. The summed E-state index contributed by atoms with van der Waals surface area (Å²) in [6.45, 7) is 12.9. The van der Waals surface area contributed by atoms with Crippen molar-refractivity contribution in [3.63, 3.8) is 0 Å². The van der Waals surface area contributed by atoms with Crippen LogP contribution in [0.3, 0.4) is 0 Å². The Hall–Kier alpha value is -0.870. The van der Waals surface area contributed by atoms with E-state index < -0.39 is 0 Å². The van der Waals surface area contributed by atoms with E-state index >= 15 is 0 Å². The van der Waals surface area contributed by atoms with Gasteiger partial charge in [0.05, 0.1) is 5.69 Å². The lowest BCUT2D eigenvalue weighted by molar-refractivity contribution is 0.245. The quantitative estimate of drug-likeness (QED) is 0.731. The Morgan fingerprint density at radius 2 is 1.95 bits per heavy atom. The fourth-order valence-corrected chi connectivity index (χ4v) is 3.03. The fourth-order valence-electron chi connectivity index (χ4n) is 3.03. The maximum absolute atomic E-state index is 9.13. The summed E-state index contributed by atoms with van der Waals surface area (Å²) in [7, 11) is 0. The zero-order valence-corrected chi connectivity index (χ0v) is 13.7. The Morgan fingerprint density at radius 1 is 1.25 bits per heavy atom. The molecule has 4 nitrogen and oxygen atoms in total. The molecule has 20 heavy (non-hydrogen) atoms. The molecule has 0 spiro atoms. The molecule has 0 aliphatic rings. The van der Waals surface area contributed by atoms with Crippen LogP contribution in [0.2, 0.25) is 0 Å². The number of nitrogens with one attached hydrogen (secondary N) is 1. The molecule has 0 saturated carbocycles. The highest BCUT2D eigenvalue weighted by Gasteiger charge is 2.17. The molecule has 2 atom stereocenters. The van der Waals surface area contributed by atoms with Crippen molar-refractivity contribution in [2.75, 3.05) is 13.2 Å². The van der Waals surface area contributed by atoms with Crippen molar-refractivity contribution >= 4 is 0 Å². The minimum Gasteiger partial charge on any atom is -0.396 e. The van der Waals surface area contributed by atoms with E-state index in [9.17, 15) is 0 Å². The van der Waals surface area contributed by atoms with E-state index in [0.29, 0.717) is 12.0 Å². The molecule has 1 aromatic rings. The van der Waals surface area contributed by atoms with Crippen LogP contribution in [0.4, 0.5) is 0 Å². The maximum Gasteiger partial charge on any atom is 0.0644 e. The molecular weight excluding hydrogens is 250 g/mol. The van der Waals surface area contributed by atoms with Crippen LogP contribution in [0.15, 0.2) is 0 Å². The molecule has 0 bridgehead atoms. The van der Waals surface area contributed by atoms with Crippen LogP contribution in [0.5, 0.6) is 0 Å². The van der Waals surface area contributed by atoms with Crippen molar-refractivity contribution in [3.05, 3.63) is 17.0 Å². The average molecular weight is 281 g/mol. The molecule has 1 aromatic heterocycles. The van der Waals surface area contributed by atoms with E-state index in [-0.39, 0.29) is 6.61 Å². The summed E-state index contributed by atoms with van der Waals surface area (Å²) >= 11 is 0. The van der Waals surface area contributed by atoms with Gasteiger partial charge < -0.3 is 10.4 Å². The number of hydrogen-bond acceptors (Lipinski definition) is 3. The molecule has 0 aliphatic heterocycles. The molecule has 0 amide bonds. The predicted molar refractivity (Wildman–Crippen MR) is 83.9 cm³/mol. The number of nitrogens with zero attached hydrogens (tertiary/aromatic N) is 2. The molecule has 0 radical (unpaired) electrons. The number of aliphatic hydroxyl groups is 1. The Labute approximate surface area is 123 Å². The van der Waals surface area contributed by atoms with Crippen molar-refractivity contribution in [3.8, 4) is 0 Å². The Morgan fingerprint density at radius 3 is 2.45 bits per heavy atom. The third-order valence-corrected chi connectivity index (χ3v) is 4.12. The van der Waals surface area contributed by atoms with E-state index in [0.717, 1.165) is 25.2 Å². The smallest absolute Gasteiger partial charge is 0.0644 e. The minimum absolute atomic E-state index is 0.284. The highest BCUT2D eigenvalue weighted by Crippen LogP contribution is 2.22. The Bertz CT molecular complexity index is 395. The third-order valence-electron chi connectivity index (χ3n) is 4.12. The van der Waals surface area contributed by atoms with Crippen LogP contribution >= 0.6 is 0 Å². The van der Waals surface area contributed by atoms with E-state index in [2.05, 4.69) is 49.7 Å². The largest absolute Gasteiger partial charge is 0.396 e. The molecule has 2 unspecified atom stereocenters. The monoisotopic (exact) mass is 281 g/mol. The standard InChI is InChI=1S/C16H31N3O/c1-6-8-15(9-10-20)11-17-12(3)16-13(4)18-19(7-2)14(16)5/h12,15,17,20H,6-11H2,1-5H3. The second kappa shape index (κ2) is 8.42. The second-order valence-electron chi connectivity index (χ2n) is 5.70. The first-order valence-electron chi connectivity index (χ1n) is 7.93. The lowest BCUT2D eigenvalue weighted by Gasteiger charge is -2.20. The van der Waals surface area contributed by atoms with Crippen LogP contribution < -0.4 is 5.32 Å². The number of aryl methyl sites for hydroxylation is 2. The van der Waals surface area contributed by atoms with Gasteiger partial charge in [-0.05, 0) is 53.0 Å². The molecule has 0 aliphatic carbocycles. The zero-order valence-electron chi connectivity index (χ0n) is 13.7. The summed E-state index contributed by atoms with van der Waals surface area (Å²) in [5.74, 6) is 0.564. The highest BCUT2D eigenvalue weighted by molar-refractivity contribution is 5.27. The lowest BCUT2D eigenvalue weighted by Crippen LogP contribution is -2.27. The molecule has 1 heterocycles. The van der Waals surface area contributed by atoms with Crippen molar-refractivity contribution in [2.45, 2.75) is 66.5 Å². The molecule has 116 valence electrons. The minimum atomic E-state index is 0.284. The van der Waals surface area contributed by atoms with Crippen molar-refractivity contribution < 1.29 is 5.11 Å². The summed E-state index contributed by atoms with van der Waals surface area (Å²) in [5, 5.41) is 17.3. The SMILES string of the molecule is CCCC(CCO)CNC(C)c1c(C)nn(CC)c1C. The normalized spacial score (nSPS) is 14.5. The molecule has 0 aromatic carbocycles. The van der Waals surface area contributed by atoms with Gasteiger partial charge in [0.15, 0.2) is 0 Å².